The molecule has 3 rings (SSSR count). The van der Waals surface area contributed by atoms with E-state index in [2.05, 4.69) is 20.6 Å². The van der Waals surface area contributed by atoms with Crippen LogP contribution in [0.4, 0.5) is 11.4 Å². The highest BCUT2D eigenvalue weighted by Crippen LogP contribution is 2.20. The predicted octanol–water partition coefficient (Wildman–Crippen LogP) is 3.36. The molecule has 0 aliphatic heterocycles. The maximum Gasteiger partial charge on any atom is 0.263 e. The fourth-order valence-corrected chi connectivity index (χ4v) is 2.89. The minimum Gasteiger partial charge on any atom is -0.379 e. The largest absolute Gasteiger partial charge is 0.379 e. The summed E-state index contributed by atoms with van der Waals surface area (Å²) in [4.78, 5) is 32.7. The molecule has 26 heavy (non-hydrogen) atoms. The van der Waals surface area contributed by atoms with Crippen LogP contribution in [0.3, 0.4) is 0 Å². The minimum atomic E-state index is -0.464. The molecule has 0 bridgehead atoms. The summed E-state index contributed by atoms with van der Waals surface area (Å²) in [6.07, 6.45) is 5.16. The van der Waals surface area contributed by atoms with Crippen LogP contribution in [0.15, 0.2) is 70.6 Å². The van der Waals surface area contributed by atoms with Crippen molar-refractivity contribution in [2.45, 2.75) is 11.4 Å². The van der Waals surface area contributed by atoms with Gasteiger partial charge in [0.25, 0.3) is 11.5 Å². The van der Waals surface area contributed by atoms with Crippen molar-refractivity contribution in [2.24, 2.45) is 0 Å². The molecule has 0 fully saturated rings. The predicted molar refractivity (Wildman–Crippen MR) is 105 cm³/mol. The van der Waals surface area contributed by atoms with E-state index in [0.717, 1.165) is 10.6 Å². The summed E-state index contributed by atoms with van der Waals surface area (Å²) < 4.78 is 0. The van der Waals surface area contributed by atoms with E-state index in [-0.39, 0.29) is 5.56 Å². The van der Waals surface area contributed by atoms with E-state index in [4.69, 9.17) is 0 Å². The number of aromatic nitrogens is 2. The molecular formula is C19H18N4O2S. The highest BCUT2D eigenvalue weighted by Gasteiger charge is 2.16. The van der Waals surface area contributed by atoms with Crippen LogP contribution in [0, 0.1) is 0 Å². The van der Waals surface area contributed by atoms with Gasteiger partial charge in [0.2, 0.25) is 0 Å². The minimum absolute atomic E-state index is 0.0398. The number of nitrogens with one attached hydrogen (secondary N) is 3. The van der Waals surface area contributed by atoms with Gasteiger partial charge in [-0.3, -0.25) is 14.6 Å². The number of carbonyl (C=O) groups is 1. The monoisotopic (exact) mass is 366 g/mol. The zero-order chi connectivity index (χ0) is 18.4. The molecule has 1 aromatic carbocycles. The van der Waals surface area contributed by atoms with Crippen LogP contribution in [0.2, 0.25) is 0 Å². The van der Waals surface area contributed by atoms with Gasteiger partial charge in [0, 0.05) is 23.0 Å². The Labute approximate surface area is 155 Å². The number of hydrogen-bond acceptors (Lipinski definition) is 5. The Balaban J connectivity index is 1.81. The molecule has 0 saturated heterocycles. The molecule has 3 N–H and O–H groups in total. The zero-order valence-electron chi connectivity index (χ0n) is 14.2. The van der Waals surface area contributed by atoms with Gasteiger partial charge in [-0.25, -0.2) is 0 Å². The number of rotatable bonds is 6. The van der Waals surface area contributed by atoms with Gasteiger partial charge in [0.1, 0.15) is 5.56 Å². The van der Waals surface area contributed by atoms with Crippen LogP contribution in [0.1, 0.15) is 16.1 Å². The van der Waals surface area contributed by atoms with Crippen molar-refractivity contribution in [1.82, 2.24) is 9.97 Å². The lowest BCUT2D eigenvalue weighted by molar-refractivity contribution is 0.102. The van der Waals surface area contributed by atoms with Gasteiger partial charge in [-0.1, -0.05) is 12.1 Å². The van der Waals surface area contributed by atoms with Crippen molar-refractivity contribution in [3.05, 3.63) is 82.5 Å². The summed E-state index contributed by atoms with van der Waals surface area (Å²) in [7, 11) is 0. The van der Waals surface area contributed by atoms with Crippen molar-refractivity contribution >= 4 is 29.0 Å². The molecule has 0 atom stereocenters. The summed E-state index contributed by atoms with van der Waals surface area (Å²) in [5, 5.41) is 5.90. The molecule has 0 radical (unpaired) electrons. The van der Waals surface area contributed by atoms with Crippen molar-refractivity contribution < 1.29 is 4.79 Å². The summed E-state index contributed by atoms with van der Waals surface area (Å²) in [5.41, 5.74) is 1.50. The van der Waals surface area contributed by atoms with Crippen molar-refractivity contribution in [3.63, 3.8) is 0 Å². The first kappa shape index (κ1) is 17.8. The molecule has 0 unspecified atom stereocenters. The number of benzene rings is 1. The second kappa shape index (κ2) is 8.35. The fourth-order valence-electron chi connectivity index (χ4n) is 2.43. The van der Waals surface area contributed by atoms with E-state index in [9.17, 15) is 9.59 Å². The van der Waals surface area contributed by atoms with Crippen LogP contribution in [0.5, 0.6) is 0 Å². The topological polar surface area (TPSA) is 86.9 Å². The summed E-state index contributed by atoms with van der Waals surface area (Å²) in [6.45, 7) is 0.409. The molecular weight excluding hydrogens is 348 g/mol. The summed E-state index contributed by atoms with van der Waals surface area (Å²) in [5.74, 6) is -0.464. The van der Waals surface area contributed by atoms with Gasteiger partial charge >= 0.3 is 0 Å². The smallest absolute Gasteiger partial charge is 0.263 e. The number of hydrogen-bond donors (Lipinski definition) is 3. The molecule has 6 nitrogen and oxygen atoms in total. The molecule has 0 aliphatic rings. The third-order valence-corrected chi connectivity index (χ3v) is 4.43. The van der Waals surface area contributed by atoms with Gasteiger partial charge in [-0.15, -0.1) is 11.8 Å². The second-order valence-corrected chi connectivity index (χ2v) is 6.34. The van der Waals surface area contributed by atoms with Gasteiger partial charge in [0.15, 0.2) is 0 Å². The number of anilines is 2. The third-order valence-electron chi connectivity index (χ3n) is 3.70. The molecule has 0 spiro atoms. The van der Waals surface area contributed by atoms with Crippen molar-refractivity contribution in [3.8, 4) is 0 Å². The van der Waals surface area contributed by atoms with E-state index < -0.39 is 11.5 Å². The number of amides is 1. The van der Waals surface area contributed by atoms with E-state index >= 15 is 0 Å². The highest BCUT2D eigenvalue weighted by molar-refractivity contribution is 7.98. The average molecular weight is 366 g/mol. The maximum absolute atomic E-state index is 12.7. The standard InChI is InChI=1S/C19H18N4O2S/c1-26-15-7-4-6-13(11-15)23-19(25)17-16(8-10-21-18(17)24)22-12-14-5-2-3-9-20-14/h2-11H,12H2,1H3,(H,23,25)(H2,21,22,24). The average Bonchev–Trinajstić information content (AvgIpc) is 2.67. The Kier molecular flexibility index (Phi) is 5.70. The quantitative estimate of drug-likeness (QED) is 0.582. The van der Waals surface area contributed by atoms with Gasteiger partial charge in [-0.2, -0.15) is 0 Å². The number of thioether (sulfide) groups is 1. The lowest BCUT2D eigenvalue weighted by Crippen LogP contribution is -2.25. The molecule has 0 aliphatic carbocycles. The number of aromatic amines is 1. The number of carbonyl (C=O) groups excluding carboxylic acids is 1. The van der Waals surface area contributed by atoms with Crippen LogP contribution in [0.25, 0.3) is 0 Å². The normalized spacial score (nSPS) is 10.3. The van der Waals surface area contributed by atoms with Crippen LogP contribution in [-0.4, -0.2) is 22.1 Å². The van der Waals surface area contributed by atoms with Gasteiger partial charge in [-0.05, 0) is 42.7 Å². The Morgan fingerprint density at radius 2 is 2.08 bits per heavy atom. The molecule has 0 saturated carbocycles. The number of H-pyrrole nitrogens is 1. The maximum atomic E-state index is 12.7. The van der Waals surface area contributed by atoms with Gasteiger partial charge in [0.05, 0.1) is 17.9 Å². The highest BCUT2D eigenvalue weighted by atomic mass is 32.2. The SMILES string of the molecule is CSc1cccc(NC(=O)c2c(NCc3ccccn3)cc[nH]c2=O)c1. The van der Waals surface area contributed by atoms with E-state index in [0.29, 0.717) is 17.9 Å². The first-order valence-electron chi connectivity index (χ1n) is 7.98. The molecule has 2 aromatic heterocycles. The van der Waals surface area contributed by atoms with Crippen LogP contribution < -0.4 is 16.2 Å². The van der Waals surface area contributed by atoms with Crippen LogP contribution in [-0.2, 0) is 6.54 Å². The molecule has 7 heteroatoms. The Hall–Kier alpha value is -3.06. The number of nitrogens with zero attached hydrogens (tertiary/aromatic N) is 1. The first-order chi connectivity index (χ1) is 12.7. The fraction of sp³-hybridized carbons (Fsp3) is 0.105. The Morgan fingerprint density at radius 3 is 2.85 bits per heavy atom. The van der Waals surface area contributed by atoms with E-state index in [1.54, 1.807) is 30.1 Å². The Bertz CT molecular complexity index is 957. The van der Waals surface area contributed by atoms with Crippen molar-refractivity contribution in [1.29, 1.82) is 0 Å². The Morgan fingerprint density at radius 1 is 1.19 bits per heavy atom. The van der Waals surface area contributed by atoms with E-state index in [1.807, 2.05) is 42.7 Å². The molecule has 132 valence electrons. The lowest BCUT2D eigenvalue weighted by atomic mass is 10.2. The second-order valence-electron chi connectivity index (χ2n) is 5.46. The first-order valence-corrected chi connectivity index (χ1v) is 9.21. The van der Waals surface area contributed by atoms with E-state index in [1.165, 1.54) is 6.20 Å². The molecule has 2 heterocycles. The molecule has 1 amide bonds. The lowest BCUT2D eigenvalue weighted by Gasteiger charge is -2.11. The van der Waals surface area contributed by atoms with Gasteiger partial charge < -0.3 is 15.6 Å². The van der Waals surface area contributed by atoms with Crippen molar-refractivity contribution in [2.75, 3.05) is 16.9 Å². The summed E-state index contributed by atoms with van der Waals surface area (Å²) >= 11 is 1.58. The third kappa shape index (κ3) is 4.31. The number of pyridine rings is 2. The molecule has 3 aromatic rings. The summed E-state index contributed by atoms with van der Waals surface area (Å²) in [6, 6.07) is 14.7. The zero-order valence-corrected chi connectivity index (χ0v) is 15.0. The van der Waals surface area contributed by atoms with Crippen LogP contribution >= 0.6 is 11.8 Å².